The molecule has 4 rings (SSSR count). The van der Waals surface area contributed by atoms with Crippen molar-refractivity contribution in [2.75, 3.05) is 37.5 Å². The molecule has 1 aliphatic heterocycles. The van der Waals surface area contributed by atoms with Crippen LogP contribution in [0.15, 0.2) is 60.7 Å². The summed E-state index contributed by atoms with van der Waals surface area (Å²) in [5, 5.41) is 11.8. The highest BCUT2D eigenvalue weighted by Crippen LogP contribution is 2.26. The van der Waals surface area contributed by atoms with Gasteiger partial charge >= 0.3 is 0 Å². The molecule has 3 aromatic rings. The number of hydrogen-bond acceptors (Lipinski definition) is 6. The van der Waals surface area contributed by atoms with E-state index in [4.69, 9.17) is 9.47 Å². The Labute approximate surface area is 182 Å². The van der Waals surface area contributed by atoms with E-state index in [2.05, 4.69) is 20.4 Å². The van der Waals surface area contributed by atoms with Crippen LogP contribution >= 0.6 is 0 Å². The molecule has 1 fully saturated rings. The third-order valence-corrected chi connectivity index (χ3v) is 5.56. The number of carbonyl (C=O) groups is 1. The van der Waals surface area contributed by atoms with Crippen molar-refractivity contribution in [1.82, 2.24) is 10.2 Å². The Hall–Kier alpha value is -3.61. The lowest BCUT2D eigenvalue weighted by molar-refractivity contribution is -0.120. The van der Waals surface area contributed by atoms with E-state index in [9.17, 15) is 4.79 Å². The van der Waals surface area contributed by atoms with Crippen molar-refractivity contribution in [1.29, 1.82) is 0 Å². The Bertz CT molecular complexity index is 1010. The maximum absolute atomic E-state index is 12.7. The first-order chi connectivity index (χ1) is 15.2. The van der Waals surface area contributed by atoms with Gasteiger partial charge in [-0.05, 0) is 61.4 Å². The number of benzene rings is 2. The fraction of sp³-hybridized carbons (Fsp3) is 0.292. The summed E-state index contributed by atoms with van der Waals surface area (Å²) >= 11 is 0. The zero-order chi connectivity index (χ0) is 21.6. The zero-order valence-corrected chi connectivity index (χ0v) is 17.7. The average molecular weight is 418 g/mol. The van der Waals surface area contributed by atoms with Gasteiger partial charge in [-0.3, -0.25) is 4.79 Å². The minimum atomic E-state index is -0.0195. The van der Waals surface area contributed by atoms with Crippen molar-refractivity contribution in [3.05, 3.63) is 60.7 Å². The molecule has 1 aromatic heterocycles. The SMILES string of the molecule is COc1ccc(-c2ccc(N3CCC(C(=O)Nc4cccc(OC)c4)CC3)nn2)cc1. The van der Waals surface area contributed by atoms with Crippen molar-refractivity contribution in [3.63, 3.8) is 0 Å². The number of aromatic nitrogens is 2. The van der Waals surface area contributed by atoms with Crippen molar-refractivity contribution in [3.8, 4) is 22.8 Å². The van der Waals surface area contributed by atoms with Gasteiger partial charge in [-0.2, -0.15) is 0 Å². The third kappa shape index (κ3) is 4.94. The van der Waals surface area contributed by atoms with Gasteiger partial charge in [-0.15, -0.1) is 10.2 Å². The molecule has 1 amide bonds. The first-order valence-electron chi connectivity index (χ1n) is 10.3. The van der Waals surface area contributed by atoms with Gasteiger partial charge in [-0.1, -0.05) is 6.07 Å². The lowest BCUT2D eigenvalue weighted by Crippen LogP contribution is -2.38. The van der Waals surface area contributed by atoms with Crippen LogP contribution in [-0.4, -0.2) is 43.4 Å². The van der Waals surface area contributed by atoms with Crippen molar-refractivity contribution in [2.24, 2.45) is 5.92 Å². The van der Waals surface area contributed by atoms with Gasteiger partial charge < -0.3 is 19.7 Å². The quantitative estimate of drug-likeness (QED) is 0.652. The normalized spacial score (nSPS) is 14.2. The predicted octanol–water partition coefficient (Wildman–Crippen LogP) is 4.02. The molecule has 0 saturated carbocycles. The van der Waals surface area contributed by atoms with Gasteiger partial charge in [0.1, 0.15) is 11.5 Å². The molecular weight excluding hydrogens is 392 g/mol. The Morgan fingerprint density at radius 2 is 1.68 bits per heavy atom. The van der Waals surface area contributed by atoms with Crippen LogP contribution in [0.4, 0.5) is 11.5 Å². The number of ether oxygens (including phenoxy) is 2. The van der Waals surface area contributed by atoms with Crippen LogP contribution in [0.1, 0.15) is 12.8 Å². The lowest BCUT2D eigenvalue weighted by Gasteiger charge is -2.31. The molecule has 160 valence electrons. The topological polar surface area (TPSA) is 76.6 Å². The molecule has 0 atom stereocenters. The summed E-state index contributed by atoms with van der Waals surface area (Å²) in [6, 6.07) is 19.1. The number of methoxy groups -OCH3 is 2. The lowest BCUT2D eigenvalue weighted by atomic mass is 9.95. The average Bonchev–Trinajstić information content (AvgIpc) is 2.84. The van der Waals surface area contributed by atoms with Crippen LogP contribution in [0.3, 0.4) is 0 Å². The summed E-state index contributed by atoms with van der Waals surface area (Å²) in [5.41, 5.74) is 2.57. The first-order valence-corrected chi connectivity index (χ1v) is 10.3. The molecule has 0 radical (unpaired) electrons. The van der Waals surface area contributed by atoms with Crippen LogP contribution in [0.25, 0.3) is 11.3 Å². The molecule has 0 unspecified atom stereocenters. The molecule has 0 aliphatic carbocycles. The largest absolute Gasteiger partial charge is 0.497 e. The molecule has 2 aromatic carbocycles. The highest BCUT2D eigenvalue weighted by atomic mass is 16.5. The summed E-state index contributed by atoms with van der Waals surface area (Å²) in [7, 11) is 3.26. The highest BCUT2D eigenvalue weighted by molar-refractivity contribution is 5.92. The molecule has 1 aliphatic rings. The number of hydrogen-bond donors (Lipinski definition) is 1. The van der Waals surface area contributed by atoms with Crippen LogP contribution in [0, 0.1) is 5.92 Å². The number of piperidine rings is 1. The minimum absolute atomic E-state index is 0.0195. The van der Waals surface area contributed by atoms with Gasteiger partial charge in [-0.25, -0.2) is 0 Å². The number of rotatable bonds is 6. The Balaban J connectivity index is 1.33. The monoisotopic (exact) mass is 418 g/mol. The molecule has 0 spiro atoms. The van der Waals surface area contributed by atoms with Gasteiger partial charge in [0.15, 0.2) is 5.82 Å². The Kier molecular flexibility index (Phi) is 6.31. The third-order valence-electron chi connectivity index (χ3n) is 5.56. The Morgan fingerprint density at radius 1 is 0.935 bits per heavy atom. The van der Waals surface area contributed by atoms with Crippen LogP contribution in [0.5, 0.6) is 11.5 Å². The van der Waals surface area contributed by atoms with Crippen LogP contribution < -0.4 is 19.7 Å². The molecular formula is C24H26N4O3. The summed E-state index contributed by atoms with van der Waals surface area (Å²) in [6.07, 6.45) is 1.55. The fourth-order valence-electron chi connectivity index (χ4n) is 3.73. The molecule has 7 heteroatoms. The molecule has 2 heterocycles. The number of carbonyl (C=O) groups excluding carboxylic acids is 1. The fourth-order valence-corrected chi connectivity index (χ4v) is 3.73. The maximum atomic E-state index is 12.7. The molecule has 31 heavy (non-hydrogen) atoms. The van der Waals surface area contributed by atoms with E-state index in [-0.39, 0.29) is 11.8 Å². The molecule has 0 bridgehead atoms. The standard InChI is InChI=1S/C24H26N4O3/c1-30-20-8-6-17(7-9-20)22-10-11-23(27-26-22)28-14-12-18(13-15-28)24(29)25-19-4-3-5-21(16-19)31-2/h3-11,16,18H,12-15H2,1-2H3,(H,25,29). The van der Waals surface area contributed by atoms with Gasteiger partial charge in [0.25, 0.3) is 0 Å². The van der Waals surface area contributed by atoms with E-state index in [0.717, 1.165) is 60.2 Å². The summed E-state index contributed by atoms with van der Waals surface area (Å²) in [5.74, 6) is 2.41. The number of nitrogens with zero attached hydrogens (tertiary/aromatic N) is 3. The van der Waals surface area contributed by atoms with Crippen LogP contribution in [0.2, 0.25) is 0 Å². The van der Waals surface area contributed by atoms with Crippen molar-refractivity contribution < 1.29 is 14.3 Å². The summed E-state index contributed by atoms with van der Waals surface area (Å²) in [4.78, 5) is 14.8. The Morgan fingerprint density at radius 3 is 2.32 bits per heavy atom. The van der Waals surface area contributed by atoms with E-state index in [1.54, 1.807) is 14.2 Å². The highest BCUT2D eigenvalue weighted by Gasteiger charge is 2.26. The number of anilines is 2. The van der Waals surface area contributed by atoms with Crippen LogP contribution in [-0.2, 0) is 4.79 Å². The van der Waals surface area contributed by atoms with Gasteiger partial charge in [0.05, 0.1) is 19.9 Å². The summed E-state index contributed by atoms with van der Waals surface area (Å²) in [6.45, 7) is 1.54. The summed E-state index contributed by atoms with van der Waals surface area (Å²) < 4.78 is 10.4. The van der Waals surface area contributed by atoms with Gasteiger partial charge in [0.2, 0.25) is 5.91 Å². The maximum Gasteiger partial charge on any atom is 0.227 e. The zero-order valence-electron chi connectivity index (χ0n) is 17.7. The van der Waals surface area contributed by atoms with Crippen molar-refractivity contribution >= 4 is 17.4 Å². The second-order valence-electron chi connectivity index (χ2n) is 7.49. The molecule has 1 N–H and O–H groups in total. The second-order valence-corrected chi connectivity index (χ2v) is 7.49. The van der Waals surface area contributed by atoms with E-state index >= 15 is 0 Å². The van der Waals surface area contributed by atoms with E-state index in [0.29, 0.717) is 0 Å². The molecule has 1 saturated heterocycles. The first kappa shape index (κ1) is 20.7. The van der Waals surface area contributed by atoms with E-state index in [1.807, 2.05) is 60.7 Å². The van der Waals surface area contributed by atoms with E-state index < -0.39 is 0 Å². The number of nitrogens with one attached hydrogen (secondary N) is 1. The molecule has 7 nitrogen and oxygen atoms in total. The van der Waals surface area contributed by atoms with E-state index in [1.165, 1.54) is 0 Å². The van der Waals surface area contributed by atoms with Crippen molar-refractivity contribution in [2.45, 2.75) is 12.8 Å². The predicted molar refractivity (Wildman–Crippen MR) is 121 cm³/mol. The smallest absolute Gasteiger partial charge is 0.227 e. The minimum Gasteiger partial charge on any atom is -0.497 e. The second kappa shape index (κ2) is 9.47. The number of amides is 1. The van der Waals surface area contributed by atoms with Gasteiger partial charge in [0, 0.05) is 36.3 Å².